The summed E-state index contributed by atoms with van der Waals surface area (Å²) in [5, 5.41) is 18.3. The quantitative estimate of drug-likeness (QED) is 0.461. The van der Waals surface area contributed by atoms with Crippen LogP contribution in [0.15, 0.2) is 95.6 Å². The van der Waals surface area contributed by atoms with Crippen molar-refractivity contribution in [1.29, 1.82) is 0 Å². The SMILES string of the molecule is C[NH+]1C/C(=C/c2ccccc2)C2=NN(c3ccc([N+](=O)[O-])cc3)C(c3ccccc3)C2C1.[Cl-]. The number of likely N-dealkylation sites (N-methyl/N-ethyl adjacent to an activating group) is 1. The Balaban J connectivity index is 0.00000259. The first kappa shape index (κ1) is 22.7. The number of hydrazone groups is 1. The van der Waals surface area contributed by atoms with Crippen LogP contribution in [-0.2, 0) is 0 Å². The van der Waals surface area contributed by atoms with E-state index in [1.165, 1.54) is 21.6 Å². The van der Waals surface area contributed by atoms with Crippen molar-refractivity contribution in [2.75, 3.05) is 25.1 Å². The van der Waals surface area contributed by atoms with Gasteiger partial charge in [-0.1, -0.05) is 60.7 Å². The summed E-state index contributed by atoms with van der Waals surface area (Å²) in [5.74, 6) is 0.233. The number of halogens is 1. The molecule has 0 bridgehead atoms. The highest BCUT2D eigenvalue weighted by molar-refractivity contribution is 6.08. The van der Waals surface area contributed by atoms with Gasteiger partial charge in [0.1, 0.15) is 6.54 Å². The van der Waals surface area contributed by atoms with E-state index in [9.17, 15) is 10.1 Å². The van der Waals surface area contributed by atoms with Crippen molar-refractivity contribution >= 4 is 23.2 Å². The van der Waals surface area contributed by atoms with Crippen molar-refractivity contribution in [3.8, 4) is 0 Å². The number of quaternary nitrogens is 1. The molecule has 0 saturated carbocycles. The molecule has 5 rings (SSSR count). The number of likely N-dealkylation sites (tertiary alicyclic amines) is 1. The molecule has 0 amide bonds. The van der Waals surface area contributed by atoms with Gasteiger partial charge in [-0.2, -0.15) is 5.10 Å². The number of anilines is 1. The van der Waals surface area contributed by atoms with Crippen LogP contribution in [-0.4, -0.2) is 30.8 Å². The third kappa shape index (κ3) is 4.53. The van der Waals surface area contributed by atoms with Gasteiger partial charge < -0.3 is 17.3 Å². The number of nitro benzene ring substituents is 1. The van der Waals surface area contributed by atoms with E-state index in [-0.39, 0.29) is 35.0 Å². The molecule has 6 nitrogen and oxygen atoms in total. The van der Waals surface area contributed by atoms with E-state index in [0.29, 0.717) is 0 Å². The maximum Gasteiger partial charge on any atom is 0.269 e. The summed E-state index contributed by atoms with van der Waals surface area (Å²) in [6.07, 6.45) is 2.25. The average Bonchev–Trinajstić information content (AvgIpc) is 3.20. The molecule has 1 fully saturated rings. The van der Waals surface area contributed by atoms with Crippen LogP contribution >= 0.6 is 0 Å². The smallest absolute Gasteiger partial charge is 0.269 e. The van der Waals surface area contributed by atoms with E-state index in [0.717, 1.165) is 24.5 Å². The van der Waals surface area contributed by atoms with Gasteiger partial charge in [0.2, 0.25) is 0 Å². The molecule has 2 heterocycles. The predicted octanol–water partition coefficient (Wildman–Crippen LogP) is 0.744. The fraction of sp³-hybridized carbons (Fsp3) is 0.192. The van der Waals surface area contributed by atoms with Gasteiger partial charge in [0, 0.05) is 17.7 Å². The van der Waals surface area contributed by atoms with Gasteiger partial charge in [0.25, 0.3) is 5.69 Å². The lowest BCUT2D eigenvalue weighted by Gasteiger charge is -2.32. The average molecular weight is 461 g/mol. The standard InChI is InChI=1S/C26H24N4O2.ClH/c1-28-17-21(16-19-8-4-2-5-9-19)25-24(18-28)26(20-10-6-3-7-11-20)29(27-25)22-12-14-23(15-13-22)30(31)32;/h2-16,24,26H,17-18H2,1H3;1H/b21-16-;. The molecule has 0 aliphatic carbocycles. The third-order valence-electron chi connectivity index (χ3n) is 6.21. The first-order valence-corrected chi connectivity index (χ1v) is 10.8. The van der Waals surface area contributed by atoms with Gasteiger partial charge in [0.15, 0.2) is 0 Å². The third-order valence-corrected chi connectivity index (χ3v) is 6.21. The molecule has 7 heteroatoms. The Bertz CT molecular complexity index is 1180. The Labute approximate surface area is 199 Å². The fourth-order valence-electron chi connectivity index (χ4n) is 4.79. The molecule has 0 aromatic heterocycles. The molecule has 0 spiro atoms. The second-order valence-electron chi connectivity index (χ2n) is 8.48. The number of hydrogen-bond acceptors (Lipinski definition) is 4. The molecule has 3 unspecified atom stereocenters. The number of nitrogens with zero attached hydrogens (tertiary/aromatic N) is 3. The van der Waals surface area contributed by atoms with Crippen molar-refractivity contribution in [3.63, 3.8) is 0 Å². The normalized spacial score (nSPS) is 22.9. The first-order chi connectivity index (χ1) is 15.6. The summed E-state index contributed by atoms with van der Waals surface area (Å²) in [4.78, 5) is 12.2. The summed E-state index contributed by atoms with van der Waals surface area (Å²) in [5.41, 5.74) is 5.68. The predicted molar refractivity (Wildman–Crippen MR) is 127 cm³/mol. The number of fused-ring (bicyclic) bond motifs is 1. The van der Waals surface area contributed by atoms with Crippen LogP contribution in [0.1, 0.15) is 17.2 Å². The molecule has 2 aliphatic heterocycles. The summed E-state index contributed by atoms with van der Waals surface area (Å²) in [6.45, 7) is 1.90. The number of nitrogens with one attached hydrogen (secondary N) is 1. The highest BCUT2D eigenvalue weighted by Gasteiger charge is 2.45. The highest BCUT2D eigenvalue weighted by Crippen LogP contribution is 2.41. The molecule has 2 aliphatic rings. The van der Waals surface area contributed by atoms with Crippen molar-refractivity contribution in [3.05, 3.63) is 112 Å². The van der Waals surface area contributed by atoms with Gasteiger partial charge in [0.05, 0.1) is 41.9 Å². The number of rotatable bonds is 4. The maximum atomic E-state index is 11.1. The Hall–Kier alpha value is -3.48. The number of piperidine rings is 1. The van der Waals surface area contributed by atoms with Crippen LogP contribution in [0.3, 0.4) is 0 Å². The lowest BCUT2D eigenvalue weighted by molar-refractivity contribution is -0.878. The van der Waals surface area contributed by atoms with Crippen LogP contribution in [0.5, 0.6) is 0 Å². The summed E-state index contributed by atoms with van der Waals surface area (Å²) < 4.78 is 0. The second kappa shape index (κ2) is 9.57. The minimum Gasteiger partial charge on any atom is -1.00 e. The summed E-state index contributed by atoms with van der Waals surface area (Å²) in [6, 6.07) is 27.5. The molecule has 1 N–H and O–H groups in total. The highest BCUT2D eigenvalue weighted by atomic mass is 35.5. The lowest BCUT2D eigenvalue weighted by atomic mass is 9.83. The van der Waals surface area contributed by atoms with Crippen molar-refractivity contribution < 1.29 is 22.2 Å². The van der Waals surface area contributed by atoms with Gasteiger partial charge in [-0.15, -0.1) is 0 Å². The van der Waals surface area contributed by atoms with Gasteiger partial charge in [-0.3, -0.25) is 15.1 Å². The molecule has 33 heavy (non-hydrogen) atoms. The monoisotopic (exact) mass is 460 g/mol. The summed E-state index contributed by atoms with van der Waals surface area (Å²) >= 11 is 0. The van der Waals surface area contributed by atoms with Gasteiger partial charge in [-0.25, -0.2) is 0 Å². The topological polar surface area (TPSA) is 63.2 Å². The number of benzene rings is 3. The van der Waals surface area contributed by atoms with Crippen LogP contribution in [0.4, 0.5) is 11.4 Å². The van der Waals surface area contributed by atoms with E-state index in [4.69, 9.17) is 5.10 Å². The Kier molecular flexibility index (Phi) is 6.58. The first-order valence-electron chi connectivity index (χ1n) is 10.8. The lowest BCUT2D eigenvalue weighted by Crippen LogP contribution is -3.11. The molecule has 3 aromatic rings. The van der Waals surface area contributed by atoms with Crippen LogP contribution < -0.4 is 22.3 Å². The minimum absolute atomic E-state index is 0. The van der Waals surface area contributed by atoms with Crippen molar-refractivity contribution in [1.82, 2.24) is 0 Å². The van der Waals surface area contributed by atoms with Gasteiger partial charge in [-0.05, 0) is 29.3 Å². The Morgan fingerprint density at radius 3 is 2.27 bits per heavy atom. The molecule has 1 saturated heterocycles. The van der Waals surface area contributed by atoms with E-state index in [1.807, 2.05) is 12.1 Å². The Morgan fingerprint density at radius 1 is 1.00 bits per heavy atom. The zero-order chi connectivity index (χ0) is 22.1. The molecule has 3 atom stereocenters. The minimum atomic E-state index is -0.368. The largest absolute Gasteiger partial charge is 1.00 e. The van der Waals surface area contributed by atoms with Crippen LogP contribution in [0.25, 0.3) is 6.08 Å². The number of non-ortho nitro benzene ring substituents is 1. The molecule has 168 valence electrons. The zero-order valence-corrected chi connectivity index (χ0v) is 19.0. The van der Waals surface area contributed by atoms with Crippen molar-refractivity contribution in [2.24, 2.45) is 11.0 Å². The Morgan fingerprint density at radius 2 is 1.64 bits per heavy atom. The van der Waals surface area contributed by atoms with Gasteiger partial charge >= 0.3 is 0 Å². The molecule has 0 radical (unpaired) electrons. The zero-order valence-electron chi connectivity index (χ0n) is 18.3. The van der Waals surface area contributed by atoms with E-state index in [1.54, 1.807) is 24.3 Å². The molecular formula is C26H25ClN4O2. The number of hydrogen-bond donors (Lipinski definition) is 1. The second-order valence-corrected chi connectivity index (χ2v) is 8.48. The van der Waals surface area contributed by atoms with E-state index < -0.39 is 0 Å². The van der Waals surface area contributed by atoms with Crippen LogP contribution in [0.2, 0.25) is 0 Å². The molecule has 3 aromatic carbocycles. The van der Waals surface area contributed by atoms with E-state index >= 15 is 0 Å². The number of nitro groups is 1. The molecular weight excluding hydrogens is 436 g/mol. The van der Waals surface area contributed by atoms with Crippen LogP contribution in [0, 0.1) is 16.0 Å². The van der Waals surface area contributed by atoms with E-state index in [2.05, 4.69) is 66.7 Å². The maximum absolute atomic E-state index is 11.1. The van der Waals surface area contributed by atoms with Crippen molar-refractivity contribution in [2.45, 2.75) is 6.04 Å². The fourth-order valence-corrected chi connectivity index (χ4v) is 4.79. The summed E-state index contributed by atoms with van der Waals surface area (Å²) in [7, 11) is 2.23.